The minimum atomic E-state index is -0.591. The third kappa shape index (κ3) is 6.70. The molecule has 6 heterocycles. The number of morpholine rings is 1. The predicted molar refractivity (Wildman–Crippen MR) is 163 cm³/mol. The van der Waals surface area contributed by atoms with Crippen molar-refractivity contribution in [3.63, 3.8) is 0 Å². The molecule has 4 aromatic rings. The maximum atomic E-state index is 13.4. The van der Waals surface area contributed by atoms with Crippen LogP contribution >= 0.6 is 11.3 Å². The van der Waals surface area contributed by atoms with Gasteiger partial charge in [-0.15, -0.1) is 0 Å². The molecule has 13 nitrogen and oxygen atoms in total. The van der Waals surface area contributed by atoms with Crippen molar-refractivity contribution in [1.82, 2.24) is 25.3 Å². The minimum Gasteiger partial charge on any atom is -0.444 e. The fraction of sp³-hybridized carbons (Fsp3) is 0.448. The molecule has 0 aliphatic carbocycles. The van der Waals surface area contributed by atoms with Gasteiger partial charge in [0.2, 0.25) is 5.89 Å². The van der Waals surface area contributed by atoms with Crippen LogP contribution in [0.5, 0.6) is 0 Å². The van der Waals surface area contributed by atoms with E-state index >= 15 is 0 Å². The van der Waals surface area contributed by atoms with Crippen molar-refractivity contribution in [2.75, 3.05) is 54.5 Å². The number of oxazole rings is 1. The van der Waals surface area contributed by atoms with Crippen LogP contribution in [-0.2, 0) is 9.47 Å². The molecule has 2 fully saturated rings. The zero-order chi connectivity index (χ0) is 30.1. The van der Waals surface area contributed by atoms with Crippen molar-refractivity contribution in [2.45, 2.75) is 45.8 Å². The first-order valence-corrected chi connectivity index (χ1v) is 15.0. The maximum Gasteiger partial charge on any atom is 0.407 e. The lowest BCUT2D eigenvalue weighted by molar-refractivity contribution is 0.0508. The summed E-state index contributed by atoms with van der Waals surface area (Å²) in [6.07, 6.45) is 3.24. The molecule has 0 bridgehead atoms. The summed E-state index contributed by atoms with van der Waals surface area (Å²) in [5, 5.41) is 6.81. The highest BCUT2D eigenvalue weighted by atomic mass is 32.1. The van der Waals surface area contributed by atoms with E-state index in [9.17, 15) is 9.59 Å². The van der Waals surface area contributed by atoms with E-state index < -0.39 is 17.6 Å². The Balaban J connectivity index is 1.27. The van der Waals surface area contributed by atoms with Crippen molar-refractivity contribution in [2.24, 2.45) is 0 Å². The first-order chi connectivity index (χ1) is 20.6. The van der Waals surface area contributed by atoms with Crippen molar-refractivity contribution in [3.8, 4) is 11.5 Å². The Morgan fingerprint density at radius 3 is 2.67 bits per heavy atom. The van der Waals surface area contributed by atoms with Crippen molar-refractivity contribution < 1.29 is 23.5 Å². The lowest BCUT2D eigenvalue weighted by atomic mass is 10.2. The number of hydrogen-bond donors (Lipinski definition) is 2. The van der Waals surface area contributed by atoms with Gasteiger partial charge in [-0.3, -0.25) is 9.78 Å². The number of aryl methyl sites for hydroxylation is 1. The van der Waals surface area contributed by atoms with Gasteiger partial charge in [-0.2, -0.15) is 4.98 Å². The van der Waals surface area contributed by atoms with Crippen LogP contribution in [0.25, 0.3) is 21.8 Å². The molecule has 0 unspecified atom stereocenters. The Morgan fingerprint density at radius 2 is 1.91 bits per heavy atom. The Bertz CT molecular complexity index is 1640. The summed E-state index contributed by atoms with van der Waals surface area (Å²) in [6, 6.07) is 5.38. The van der Waals surface area contributed by atoms with Gasteiger partial charge in [-0.05, 0) is 52.3 Å². The van der Waals surface area contributed by atoms with Crippen molar-refractivity contribution in [1.29, 1.82) is 0 Å². The largest absolute Gasteiger partial charge is 0.444 e. The average Bonchev–Trinajstić information content (AvgIpc) is 3.72. The first-order valence-electron chi connectivity index (χ1n) is 14.2. The molecule has 226 valence electrons. The predicted octanol–water partition coefficient (Wildman–Crippen LogP) is 4.24. The van der Waals surface area contributed by atoms with Crippen LogP contribution in [0.3, 0.4) is 0 Å². The van der Waals surface area contributed by atoms with Crippen LogP contribution in [0.4, 0.5) is 21.4 Å². The third-order valence-corrected chi connectivity index (χ3v) is 8.02. The van der Waals surface area contributed by atoms with Crippen molar-refractivity contribution >= 4 is 50.3 Å². The standard InChI is InChI=1S/C29H34N8O5S/c1-17-13-18(5-7-30-17)26-33-21(16-41-26)25(38)32-20-14-22-23(35-27(43-22)36-9-11-40-12-10-36)34-24(20)37-8-6-19(15-37)31-28(39)42-29(2,3)4/h5,7,13-14,16,19H,6,8-12,15H2,1-4H3,(H,31,39)(H,32,38)/t19-/m0/s1. The molecular weight excluding hydrogens is 572 g/mol. The summed E-state index contributed by atoms with van der Waals surface area (Å²) in [5.74, 6) is 0.475. The summed E-state index contributed by atoms with van der Waals surface area (Å²) >= 11 is 1.52. The van der Waals surface area contributed by atoms with Gasteiger partial charge in [-0.25, -0.2) is 14.8 Å². The van der Waals surface area contributed by atoms with Crippen molar-refractivity contribution in [3.05, 3.63) is 42.0 Å². The highest BCUT2D eigenvalue weighted by molar-refractivity contribution is 7.22. The molecule has 2 aliphatic rings. The number of amides is 2. The number of aromatic nitrogens is 4. The van der Waals surface area contributed by atoms with Crippen LogP contribution in [0.2, 0.25) is 0 Å². The van der Waals surface area contributed by atoms with Gasteiger partial charge in [-0.1, -0.05) is 11.3 Å². The lowest BCUT2D eigenvalue weighted by Crippen LogP contribution is -2.40. The number of nitrogens with one attached hydrogen (secondary N) is 2. The van der Waals surface area contributed by atoms with Crippen LogP contribution in [0, 0.1) is 6.92 Å². The molecule has 0 aromatic carbocycles. The van der Waals surface area contributed by atoms with Crippen LogP contribution in [0.1, 0.15) is 43.4 Å². The summed E-state index contributed by atoms with van der Waals surface area (Å²) in [7, 11) is 0. The molecule has 43 heavy (non-hydrogen) atoms. The number of carbonyl (C=O) groups is 2. The second-order valence-corrected chi connectivity index (χ2v) is 12.5. The van der Waals surface area contributed by atoms with Gasteiger partial charge in [0.1, 0.15) is 11.9 Å². The molecule has 14 heteroatoms. The molecule has 0 spiro atoms. The highest BCUT2D eigenvalue weighted by Crippen LogP contribution is 2.36. The minimum absolute atomic E-state index is 0.139. The van der Waals surface area contributed by atoms with Gasteiger partial charge >= 0.3 is 6.09 Å². The van der Waals surface area contributed by atoms with E-state index in [1.807, 2.05) is 44.7 Å². The second kappa shape index (κ2) is 11.8. The third-order valence-electron chi connectivity index (χ3n) is 6.97. The Hall–Kier alpha value is -4.30. The SMILES string of the molecule is Cc1cc(-c2nc(C(=O)Nc3cc4sc(N5CCOCC5)nc4nc3N3CC[C@H](NC(=O)OC(C)(C)C)C3)co2)ccn1. The molecular formula is C29H34N8O5S. The molecule has 1 atom stereocenters. The molecule has 0 saturated carbocycles. The summed E-state index contributed by atoms with van der Waals surface area (Å²) < 4.78 is 17.4. The van der Waals surface area contributed by atoms with E-state index in [0.29, 0.717) is 55.8 Å². The first kappa shape index (κ1) is 28.8. The topological polar surface area (TPSA) is 148 Å². The van der Waals surface area contributed by atoms with E-state index in [0.717, 1.165) is 34.2 Å². The highest BCUT2D eigenvalue weighted by Gasteiger charge is 2.30. The fourth-order valence-electron chi connectivity index (χ4n) is 4.99. The molecule has 2 N–H and O–H groups in total. The van der Waals surface area contributed by atoms with E-state index in [-0.39, 0.29) is 11.7 Å². The number of alkyl carbamates (subject to hydrolysis) is 1. The Kier molecular flexibility index (Phi) is 7.88. The fourth-order valence-corrected chi connectivity index (χ4v) is 5.99. The molecule has 2 aliphatic heterocycles. The van der Waals surface area contributed by atoms with Gasteiger partial charge in [0.15, 0.2) is 22.3 Å². The van der Waals surface area contributed by atoms with Crippen LogP contribution < -0.4 is 20.4 Å². The zero-order valence-corrected chi connectivity index (χ0v) is 25.4. The summed E-state index contributed by atoms with van der Waals surface area (Å²) in [5.41, 5.74) is 2.22. The molecule has 2 amide bonds. The van der Waals surface area contributed by atoms with Gasteiger partial charge < -0.3 is 34.3 Å². The number of fused-ring (bicyclic) bond motifs is 1. The second-order valence-electron chi connectivity index (χ2n) is 11.5. The number of thiazole rings is 1. The van der Waals surface area contributed by atoms with Crippen LogP contribution in [0.15, 0.2) is 35.1 Å². The molecule has 2 saturated heterocycles. The molecule has 6 rings (SSSR count). The smallest absolute Gasteiger partial charge is 0.407 e. The summed E-state index contributed by atoms with van der Waals surface area (Å²) in [6.45, 7) is 11.3. The number of hydrogen-bond acceptors (Lipinski definition) is 12. The number of nitrogens with zero attached hydrogens (tertiary/aromatic N) is 6. The zero-order valence-electron chi connectivity index (χ0n) is 24.5. The number of anilines is 3. The van der Waals surface area contributed by atoms with Gasteiger partial charge in [0, 0.05) is 43.6 Å². The van der Waals surface area contributed by atoms with E-state index in [4.69, 9.17) is 23.9 Å². The number of pyridine rings is 2. The number of carbonyl (C=O) groups excluding carboxylic acids is 2. The summed E-state index contributed by atoms with van der Waals surface area (Å²) in [4.78, 5) is 48.4. The lowest BCUT2D eigenvalue weighted by Gasteiger charge is -2.25. The molecule has 4 aromatic heterocycles. The quantitative estimate of drug-likeness (QED) is 0.325. The number of ether oxygens (including phenoxy) is 2. The van der Waals surface area contributed by atoms with Crippen LogP contribution in [-0.4, -0.2) is 83.0 Å². The normalized spacial score (nSPS) is 17.3. The Morgan fingerprint density at radius 1 is 1.09 bits per heavy atom. The van der Waals surface area contributed by atoms with Gasteiger partial charge in [0.05, 0.1) is 29.6 Å². The maximum absolute atomic E-state index is 13.4. The average molecular weight is 607 g/mol. The van der Waals surface area contributed by atoms with E-state index in [2.05, 4.69) is 25.5 Å². The van der Waals surface area contributed by atoms with E-state index in [1.54, 1.807) is 12.3 Å². The monoisotopic (exact) mass is 606 g/mol. The Labute approximate surface area is 252 Å². The van der Waals surface area contributed by atoms with E-state index in [1.165, 1.54) is 17.6 Å². The van der Waals surface area contributed by atoms with Gasteiger partial charge in [0.25, 0.3) is 5.91 Å². The number of rotatable bonds is 6. The molecule has 0 radical (unpaired) electrons.